The van der Waals surface area contributed by atoms with E-state index >= 15 is 0 Å². The number of hydrogen-bond acceptors (Lipinski definition) is 10. The number of hydrogen-bond donors (Lipinski definition) is 1. The van der Waals surface area contributed by atoms with Crippen LogP contribution in [0.4, 0.5) is 4.79 Å². The van der Waals surface area contributed by atoms with Gasteiger partial charge in [-0.3, -0.25) is 19.1 Å². The van der Waals surface area contributed by atoms with Crippen molar-refractivity contribution in [1.82, 2.24) is 9.47 Å². The maximum absolute atomic E-state index is 13.4. The fourth-order valence-corrected chi connectivity index (χ4v) is 5.50. The molecule has 1 aromatic heterocycles. The largest absolute Gasteiger partial charge is 0.448 e. The quantitative estimate of drug-likeness (QED) is 0.137. The molecule has 0 aliphatic carbocycles. The number of carbonyl (C=O) groups is 3. The molecule has 208 valence electrons. The first kappa shape index (κ1) is 30.3. The second-order valence-corrected chi connectivity index (χ2v) is 11.3. The van der Waals surface area contributed by atoms with Crippen LogP contribution < -0.4 is 0 Å². The highest BCUT2D eigenvalue weighted by molar-refractivity contribution is 8.76. The standard InChI is InChI=1S/C25H26ClN3O8S2/c1-16-20(14-23(31)27(2)25(33)36-9-11-38-39-12-10-37-29(34)35)21-13-17(15-30)3-8-22(21)28(16)24(32)18-4-6-19(26)7-5-18/h3-8,13,30H,9-12,14-15H2,1-2H3. The van der Waals surface area contributed by atoms with Gasteiger partial charge in [-0.25, -0.2) is 4.79 Å². The number of fused-ring (bicyclic) bond motifs is 1. The number of rotatable bonds is 12. The highest BCUT2D eigenvalue weighted by Crippen LogP contribution is 2.29. The Morgan fingerprint density at radius 1 is 1.10 bits per heavy atom. The first-order valence-electron chi connectivity index (χ1n) is 11.6. The van der Waals surface area contributed by atoms with Crippen molar-refractivity contribution in [3.05, 3.63) is 80.0 Å². The smallest absolute Gasteiger partial charge is 0.416 e. The van der Waals surface area contributed by atoms with Gasteiger partial charge in [0.25, 0.3) is 11.0 Å². The highest BCUT2D eigenvalue weighted by Gasteiger charge is 2.25. The molecule has 0 spiro atoms. The molecule has 11 nitrogen and oxygen atoms in total. The lowest BCUT2D eigenvalue weighted by Crippen LogP contribution is -2.35. The summed E-state index contributed by atoms with van der Waals surface area (Å²) in [6.45, 7) is 1.50. The molecule has 0 fully saturated rings. The maximum atomic E-state index is 13.4. The monoisotopic (exact) mass is 595 g/mol. The molecule has 0 saturated carbocycles. The van der Waals surface area contributed by atoms with E-state index in [0.717, 1.165) is 4.90 Å². The van der Waals surface area contributed by atoms with E-state index in [-0.39, 0.29) is 32.1 Å². The van der Waals surface area contributed by atoms with Gasteiger partial charge in [0.1, 0.15) is 13.2 Å². The summed E-state index contributed by atoms with van der Waals surface area (Å²) >= 11 is 5.96. The Morgan fingerprint density at radius 3 is 2.41 bits per heavy atom. The van der Waals surface area contributed by atoms with Gasteiger partial charge >= 0.3 is 6.09 Å². The van der Waals surface area contributed by atoms with Gasteiger partial charge in [-0.1, -0.05) is 39.3 Å². The third-order valence-electron chi connectivity index (χ3n) is 5.69. The lowest BCUT2D eigenvalue weighted by atomic mass is 10.0. The summed E-state index contributed by atoms with van der Waals surface area (Å²) in [5, 5.41) is 20.0. The van der Waals surface area contributed by atoms with Gasteiger partial charge in [-0.05, 0) is 54.4 Å². The van der Waals surface area contributed by atoms with Crippen LogP contribution in [0.2, 0.25) is 5.02 Å². The Hall–Kier alpha value is -3.26. The topological polar surface area (TPSA) is 141 Å². The number of aliphatic hydroxyl groups is 1. The van der Waals surface area contributed by atoms with Crippen LogP contribution in [0.3, 0.4) is 0 Å². The summed E-state index contributed by atoms with van der Waals surface area (Å²) < 4.78 is 6.67. The SMILES string of the molecule is Cc1c(CC(=O)N(C)C(=O)OCCSSCCO[N+](=O)[O-])c2cc(CO)ccc2n1C(=O)c1ccc(Cl)cc1. The molecule has 0 bridgehead atoms. The Labute approximate surface area is 236 Å². The summed E-state index contributed by atoms with van der Waals surface area (Å²) in [5.74, 6) is -0.0314. The van der Waals surface area contributed by atoms with Crippen LogP contribution in [0.5, 0.6) is 0 Å². The van der Waals surface area contributed by atoms with Crippen molar-refractivity contribution < 1.29 is 34.2 Å². The normalized spacial score (nSPS) is 10.9. The van der Waals surface area contributed by atoms with Gasteiger partial charge in [0, 0.05) is 40.2 Å². The molecule has 0 saturated heterocycles. The van der Waals surface area contributed by atoms with Crippen LogP contribution >= 0.6 is 33.2 Å². The van der Waals surface area contributed by atoms with E-state index in [0.29, 0.717) is 49.8 Å². The zero-order valence-corrected chi connectivity index (χ0v) is 23.5. The molecule has 0 unspecified atom stereocenters. The molecule has 2 amide bonds. The number of amides is 2. The van der Waals surface area contributed by atoms with Crippen molar-refractivity contribution in [1.29, 1.82) is 0 Å². The second kappa shape index (κ2) is 14.2. The number of carbonyl (C=O) groups excluding carboxylic acids is 3. The first-order valence-corrected chi connectivity index (χ1v) is 14.5. The molecule has 0 aliphatic heterocycles. The Balaban J connectivity index is 1.70. The Kier molecular flexibility index (Phi) is 11.0. The van der Waals surface area contributed by atoms with E-state index in [4.69, 9.17) is 16.3 Å². The zero-order valence-electron chi connectivity index (χ0n) is 21.1. The number of aliphatic hydroxyl groups excluding tert-OH is 1. The summed E-state index contributed by atoms with van der Waals surface area (Å²) in [6.07, 6.45) is -0.998. The van der Waals surface area contributed by atoms with Crippen molar-refractivity contribution in [3.8, 4) is 0 Å². The van der Waals surface area contributed by atoms with E-state index in [1.54, 1.807) is 49.4 Å². The average Bonchev–Trinajstić information content (AvgIpc) is 3.19. The minimum Gasteiger partial charge on any atom is -0.448 e. The fraction of sp³-hybridized carbons (Fsp3) is 0.320. The van der Waals surface area contributed by atoms with Gasteiger partial charge < -0.3 is 14.7 Å². The van der Waals surface area contributed by atoms with Crippen LogP contribution in [0, 0.1) is 17.0 Å². The molecular weight excluding hydrogens is 570 g/mol. The second-order valence-electron chi connectivity index (χ2n) is 8.17. The highest BCUT2D eigenvalue weighted by atomic mass is 35.5. The number of ether oxygens (including phenoxy) is 1. The molecule has 0 atom stereocenters. The van der Waals surface area contributed by atoms with Gasteiger partial charge in [0.05, 0.1) is 18.5 Å². The Morgan fingerprint density at radius 2 is 1.77 bits per heavy atom. The number of nitrogens with zero attached hydrogens (tertiary/aromatic N) is 3. The molecule has 3 aromatic rings. The lowest BCUT2D eigenvalue weighted by molar-refractivity contribution is -0.756. The van der Waals surface area contributed by atoms with Crippen LogP contribution in [0.1, 0.15) is 27.2 Å². The lowest BCUT2D eigenvalue weighted by Gasteiger charge is -2.15. The predicted molar refractivity (Wildman–Crippen MR) is 149 cm³/mol. The maximum Gasteiger partial charge on any atom is 0.416 e. The van der Waals surface area contributed by atoms with Crippen LogP contribution in [-0.4, -0.2) is 69.3 Å². The summed E-state index contributed by atoms with van der Waals surface area (Å²) in [7, 11) is 4.00. The third-order valence-corrected chi connectivity index (χ3v) is 8.28. The molecule has 2 aromatic carbocycles. The van der Waals surface area contributed by atoms with Gasteiger partial charge in [-0.15, -0.1) is 10.1 Å². The van der Waals surface area contributed by atoms with Crippen molar-refractivity contribution >= 4 is 62.0 Å². The minimum absolute atomic E-state index is 0.0391. The fourth-order valence-electron chi connectivity index (χ4n) is 3.73. The molecule has 1 N–H and O–H groups in total. The number of imide groups is 1. The molecule has 39 heavy (non-hydrogen) atoms. The van der Waals surface area contributed by atoms with Crippen molar-refractivity contribution in [2.24, 2.45) is 0 Å². The van der Waals surface area contributed by atoms with E-state index in [1.807, 2.05) is 0 Å². The molecule has 14 heteroatoms. The first-order chi connectivity index (χ1) is 18.6. The van der Waals surface area contributed by atoms with Gasteiger partial charge in [0.15, 0.2) is 0 Å². The number of benzene rings is 2. The summed E-state index contributed by atoms with van der Waals surface area (Å²) in [5.41, 5.74) is 2.67. The van der Waals surface area contributed by atoms with Crippen LogP contribution in [-0.2, 0) is 27.4 Å². The third kappa shape index (κ3) is 7.88. The van der Waals surface area contributed by atoms with Crippen molar-refractivity contribution in [2.75, 3.05) is 31.8 Å². The van der Waals surface area contributed by atoms with E-state index in [2.05, 4.69) is 4.84 Å². The van der Waals surface area contributed by atoms with Gasteiger partial charge in [0.2, 0.25) is 5.91 Å². The average molecular weight is 596 g/mol. The van der Waals surface area contributed by atoms with Crippen LogP contribution in [0.15, 0.2) is 42.5 Å². The zero-order chi connectivity index (χ0) is 28.5. The number of halogens is 1. The Bertz CT molecular complexity index is 1360. The van der Waals surface area contributed by atoms with E-state index in [9.17, 15) is 29.6 Å². The van der Waals surface area contributed by atoms with E-state index < -0.39 is 17.1 Å². The molecule has 0 radical (unpaired) electrons. The number of aromatic nitrogens is 1. The summed E-state index contributed by atoms with van der Waals surface area (Å²) in [4.78, 5) is 54.1. The molecular formula is C25H26ClN3O8S2. The predicted octanol–water partition coefficient (Wildman–Crippen LogP) is 4.51. The molecule has 0 aliphatic rings. The summed E-state index contributed by atoms with van der Waals surface area (Å²) in [6, 6.07) is 11.6. The minimum atomic E-state index is -0.859. The van der Waals surface area contributed by atoms with E-state index in [1.165, 1.54) is 33.2 Å². The van der Waals surface area contributed by atoms with Crippen molar-refractivity contribution in [3.63, 3.8) is 0 Å². The van der Waals surface area contributed by atoms with Gasteiger partial charge in [-0.2, -0.15) is 0 Å². The van der Waals surface area contributed by atoms with Crippen molar-refractivity contribution in [2.45, 2.75) is 20.0 Å². The van der Waals surface area contributed by atoms with Crippen LogP contribution in [0.25, 0.3) is 10.9 Å². The number of likely N-dealkylation sites (N-methyl/N-ethyl adjacent to an activating group) is 1. The molecule has 3 rings (SSSR count). The molecule has 1 heterocycles.